The third kappa shape index (κ3) is 4.63. The van der Waals surface area contributed by atoms with Gasteiger partial charge in [0.2, 0.25) is 0 Å². The number of rotatable bonds is 4. The van der Waals surface area contributed by atoms with Gasteiger partial charge in [0, 0.05) is 0 Å². The maximum atomic E-state index is 12.3. The number of carbonyl (C=O) groups is 2. The number of thiophene rings is 1. The van der Waals surface area contributed by atoms with Crippen LogP contribution in [0.25, 0.3) is 10.6 Å². The molecule has 2 aromatic heterocycles. The summed E-state index contributed by atoms with van der Waals surface area (Å²) in [5.41, 5.74) is 5.04. The van der Waals surface area contributed by atoms with Gasteiger partial charge in [-0.15, -0.1) is 11.3 Å². The molecule has 0 bridgehead atoms. The lowest BCUT2D eigenvalue weighted by molar-refractivity contribution is -0.124. The van der Waals surface area contributed by atoms with Gasteiger partial charge in [0.1, 0.15) is 11.2 Å². The Kier molecular flexibility index (Phi) is 6.69. The Morgan fingerprint density at radius 1 is 1.25 bits per heavy atom. The van der Waals surface area contributed by atoms with E-state index in [9.17, 15) is 14.7 Å². The molecule has 1 unspecified atom stereocenters. The van der Waals surface area contributed by atoms with E-state index in [4.69, 9.17) is 5.73 Å². The zero-order valence-electron chi connectivity index (χ0n) is 16.7. The monoisotopic (exact) mass is 402 g/mol. The second kappa shape index (κ2) is 8.62. The molecule has 3 rings (SSSR count). The molecule has 150 valence electrons. The minimum Gasteiger partial charge on any atom is -0.478 e. The molecule has 1 amide bonds. The predicted molar refractivity (Wildman–Crippen MR) is 112 cm³/mol. The number of aromatic nitrogens is 1. The smallest absolute Gasteiger partial charge is 0.338 e. The van der Waals surface area contributed by atoms with E-state index in [0.717, 1.165) is 4.88 Å². The van der Waals surface area contributed by atoms with Crippen molar-refractivity contribution in [3.05, 3.63) is 40.9 Å². The van der Waals surface area contributed by atoms with Crippen LogP contribution in [-0.4, -0.2) is 39.4 Å². The molecule has 1 atom stereocenters. The second-order valence-electron chi connectivity index (χ2n) is 7.34. The standard InChI is InChI=1S/C17H17N3O3S.C3H9N/c1-9(2)17(3)16(23)19-14(20-17)13-10(15(21)22)6-7-11(18-13)12-5-4-8-24-12;1-3(2)4/h4-9H,1-3H3,(H,21,22)(H,19,20,23);3H,4H2,1-2H3. The topological polar surface area (TPSA) is 118 Å². The van der Waals surface area contributed by atoms with Crippen LogP contribution in [0, 0.1) is 5.92 Å². The third-order valence-electron chi connectivity index (χ3n) is 4.28. The number of carboxylic acid groups (broad SMARTS) is 1. The van der Waals surface area contributed by atoms with Crippen LogP contribution >= 0.6 is 11.3 Å². The summed E-state index contributed by atoms with van der Waals surface area (Å²) in [7, 11) is 0. The van der Waals surface area contributed by atoms with Crippen LogP contribution in [0.1, 0.15) is 50.7 Å². The van der Waals surface area contributed by atoms with Crippen LogP contribution in [0.15, 0.2) is 34.6 Å². The molecule has 0 spiro atoms. The first-order chi connectivity index (χ1) is 13.1. The Labute approximate surface area is 168 Å². The summed E-state index contributed by atoms with van der Waals surface area (Å²) in [6, 6.07) is 7.30. The first-order valence-corrected chi connectivity index (χ1v) is 9.89. The molecule has 8 heteroatoms. The number of nitrogens with one attached hydrogen (secondary N) is 1. The Balaban J connectivity index is 0.000000640. The first-order valence-electron chi connectivity index (χ1n) is 9.01. The fraction of sp³-hybridized carbons (Fsp3) is 0.400. The quantitative estimate of drug-likeness (QED) is 0.726. The number of amidine groups is 1. The Morgan fingerprint density at radius 2 is 1.89 bits per heavy atom. The molecular formula is C20H26N4O3S. The van der Waals surface area contributed by atoms with Gasteiger partial charge in [0.25, 0.3) is 5.91 Å². The van der Waals surface area contributed by atoms with Crippen LogP contribution in [0.3, 0.4) is 0 Å². The molecule has 28 heavy (non-hydrogen) atoms. The molecule has 0 saturated heterocycles. The number of carboxylic acids is 1. The van der Waals surface area contributed by atoms with E-state index < -0.39 is 11.5 Å². The number of hydrogen-bond acceptors (Lipinski definition) is 6. The van der Waals surface area contributed by atoms with Crippen LogP contribution in [0.4, 0.5) is 0 Å². The zero-order chi connectivity index (χ0) is 21.1. The summed E-state index contributed by atoms with van der Waals surface area (Å²) in [5, 5.41) is 14.1. The Bertz CT molecular complexity index is 888. The number of nitrogens with zero attached hydrogens (tertiary/aromatic N) is 2. The fourth-order valence-corrected chi connectivity index (χ4v) is 3.12. The molecule has 0 radical (unpaired) electrons. The minimum absolute atomic E-state index is 0.0161. The molecule has 0 aliphatic carbocycles. The van der Waals surface area contributed by atoms with Gasteiger partial charge in [-0.05, 0) is 42.5 Å². The lowest BCUT2D eigenvalue weighted by Gasteiger charge is -2.21. The highest BCUT2D eigenvalue weighted by molar-refractivity contribution is 7.13. The fourth-order valence-electron chi connectivity index (χ4n) is 2.42. The van der Waals surface area contributed by atoms with Crippen molar-refractivity contribution in [3.63, 3.8) is 0 Å². The van der Waals surface area contributed by atoms with Gasteiger partial charge in [0.05, 0.1) is 16.1 Å². The van der Waals surface area contributed by atoms with Gasteiger partial charge in [-0.25, -0.2) is 14.8 Å². The van der Waals surface area contributed by atoms with E-state index in [1.807, 2.05) is 45.2 Å². The SMILES string of the molecule is CC(C)C1(C)N=C(c2nc(-c3cccs3)ccc2C(=O)O)NC1=O.CC(C)N. The lowest BCUT2D eigenvalue weighted by Crippen LogP contribution is -2.41. The van der Waals surface area contributed by atoms with Crippen molar-refractivity contribution >= 4 is 29.0 Å². The van der Waals surface area contributed by atoms with E-state index >= 15 is 0 Å². The van der Waals surface area contributed by atoms with Gasteiger partial charge in [-0.3, -0.25) is 4.79 Å². The van der Waals surface area contributed by atoms with E-state index in [1.54, 1.807) is 13.0 Å². The molecule has 0 saturated carbocycles. The summed E-state index contributed by atoms with van der Waals surface area (Å²) in [6.45, 7) is 9.43. The number of pyridine rings is 1. The number of amides is 1. The average Bonchev–Trinajstić information content (AvgIpc) is 3.23. The summed E-state index contributed by atoms with van der Waals surface area (Å²) in [5.74, 6) is -1.16. The molecule has 7 nitrogen and oxygen atoms in total. The molecule has 0 fully saturated rings. The summed E-state index contributed by atoms with van der Waals surface area (Å²) in [4.78, 5) is 33.7. The first kappa shape index (κ1) is 21.7. The van der Waals surface area contributed by atoms with Crippen molar-refractivity contribution in [1.29, 1.82) is 0 Å². The van der Waals surface area contributed by atoms with Crippen LogP contribution in [0.2, 0.25) is 0 Å². The van der Waals surface area contributed by atoms with Crippen molar-refractivity contribution in [2.24, 2.45) is 16.6 Å². The maximum Gasteiger partial charge on any atom is 0.338 e. The van der Waals surface area contributed by atoms with Crippen molar-refractivity contribution in [3.8, 4) is 10.6 Å². The third-order valence-corrected chi connectivity index (χ3v) is 5.18. The van der Waals surface area contributed by atoms with E-state index in [0.29, 0.717) is 11.7 Å². The molecule has 2 aromatic rings. The van der Waals surface area contributed by atoms with Crippen molar-refractivity contribution in [2.45, 2.75) is 46.2 Å². The molecule has 1 aliphatic rings. The molecule has 0 aromatic carbocycles. The summed E-state index contributed by atoms with van der Waals surface area (Å²) >= 11 is 1.51. The highest BCUT2D eigenvalue weighted by Crippen LogP contribution is 2.29. The van der Waals surface area contributed by atoms with Crippen molar-refractivity contribution in [1.82, 2.24) is 10.3 Å². The number of carbonyl (C=O) groups excluding carboxylic acids is 1. The average molecular weight is 403 g/mol. The van der Waals surface area contributed by atoms with Crippen LogP contribution < -0.4 is 11.1 Å². The Hall–Kier alpha value is -2.58. The molecule has 3 heterocycles. The number of nitrogens with two attached hydrogens (primary N) is 1. The van der Waals surface area contributed by atoms with E-state index in [2.05, 4.69) is 15.3 Å². The largest absolute Gasteiger partial charge is 0.478 e. The zero-order valence-corrected chi connectivity index (χ0v) is 17.5. The lowest BCUT2D eigenvalue weighted by atomic mass is 9.89. The van der Waals surface area contributed by atoms with Crippen molar-refractivity contribution in [2.75, 3.05) is 0 Å². The molecule has 1 aliphatic heterocycles. The second-order valence-corrected chi connectivity index (χ2v) is 8.28. The molecular weight excluding hydrogens is 376 g/mol. The minimum atomic E-state index is -1.11. The van der Waals surface area contributed by atoms with Crippen molar-refractivity contribution < 1.29 is 14.7 Å². The van der Waals surface area contributed by atoms with E-state index in [-0.39, 0.29) is 28.9 Å². The Morgan fingerprint density at radius 3 is 2.36 bits per heavy atom. The number of aromatic carboxylic acids is 1. The van der Waals surface area contributed by atoms with Gasteiger partial charge >= 0.3 is 5.97 Å². The maximum absolute atomic E-state index is 12.3. The highest BCUT2D eigenvalue weighted by Gasteiger charge is 2.43. The van der Waals surface area contributed by atoms with Gasteiger partial charge < -0.3 is 16.2 Å². The summed E-state index contributed by atoms with van der Waals surface area (Å²) < 4.78 is 0. The highest BCUT2D eigenvalue weighted by atomic mass is 32.1. The normalized spacial score (nSPS) is 18.6. The van der Waals surface area contributed by atoms with Gasteiger partial charge in [-0.2, -0.15) is 0 Å². The number of aliphatic imine (C=N–C) groups is 1. The molecule has 4 N–H and O–H groups in total. The predicted octanol–water partition coefficient (Wildman–Crippen LogP) is 3.15. The van der Waals surface area contributed by atoms with Crippen LogP contribution in [-0.2, 0) is 4.79 Å². The van der Waals surface area contributed by atoms with E-state index in [1.165, 1.54) is 17.4 Å². The van der Waals surface area contributed by atoms with Gasteiger partial charge in [-0.1, -0.05) is 33.8 Å². The van der Waals surface area contributed by atoms with Gasteiger partial charge in [0.15, 0.2) is 5.84 Å². The van der Waals surface area contributed by atoms with Crippen LogP contribution in [0.5, 0.6) is 0 Å². The number of hydrogen-bond donors (Lipinski definition) is 3. The summed E-state index contributed by atoms with van der Waals surface area (Å²) in [6.07, 6.45) is 0.